The number of unbranched alkanes of at least 4 members (excludes halogenated alkanes) is 7. The summed E-state index contributed by atoms with van der Waals surface area (Å²) in [5.74, 6) is -0.0551. The van der Waals surface area contributed by atoms with Gasteiger partial charge in [-0.25, -0.2) is 0 Å². The van der Waals surface area contributed by atoms with Crippen LogP contribution in [0.15, 0.2) is 0 Å². The second-order valence-corrected chi connectivity index (χ2v) is 4.99. The van der Waals surface area contributed by atoms with Crippen molar-refractivity contribution >= 4 is 23.1 Å². The van der Waals surface area contributed by atoms with Crippen LogP contribution in [0.2, 0.25) is 0 Å². The first kappa shape index (κ1) is 16.4. The summed E-state index contributed by atoms with van der Waals surface area (Å²) >= 11 is 4.66. The van der Waals surface area contributed by atoms with E-state index in [-0.39, 0.29) is 17.3 Å². The normalized spacial score (nSPS) is 10.2. The largest absolute Gasteiger partial charge is 0.393 e. The molecule has 0 aromatic carbocycles. The van der Waals surface area contributed by atoms with Gasteiger partial charge >= 0.3 is 0 Å². The van der Waals surface area contributed by atoms with E-state index in [1.165, 1.54) is 44.9 Å². The quantitative estimate of drug-likeness (QED) is 0.442. The number of rotatable bonds is 11. The molecule has 0 saturated carbocycles. The Bertz CT molecular complexity index is 219. The van der Waals surface area contributed by atoms with Gasteiger partial charge in [0.15, 0.2) is 0 Å². The highest BCUT2D eigenvalue weighted by Crippen LogP contribution is 2.07. The minimum absolute atomic E-state index is 0.0551. The van der Waals surface area contributed by atoms with Gasteiger partial charge in [0, 0.05) is 6.54 Å². The van der Waals surface area contributed by atoms with Crippen molar-refractivity contribution in [1.82, 2.24) is 5.32 Å². The summed E-state index contributed by atoms with van der Waals surface area (Å²) < 4.78 is 0. The molecule has 0 fully saturated rings. The summed E-state index contributed by atoms with van der Waals surface area (Å²) in [6.07, 6.45) is 10.4. The van der Waals surface area contributed by atoms with E-state index in [2.05, 4.69) is 24.5 Å². The third-order valence-corrected chi connectivity index (χ3v) is 2.83. The van der Waals surface area contributed by atoms with Crippen LogP contribution < -0.4 is 11.1 Å². The Hall–Kier alpha value is -0.640. The maximum absolute atomic E-state index is 11.2. The first-order valence-corrected chi connectivity index (χ1v) is 7.12. The van der Waals surface area contributed by atoms with Gasteiger partial charge < -0.3 is 11.1 Å². The zero-order valence-corrected chi connectivity index (χ0v) is 11.8. The molecular weight excluding hydrogens is 232 g/mol. The van der Waals surface area contributed by atoms with E-state index >= 15 is 0 Å². The van der Waals surface area contributed by atoms with Gasteiger partial charge in [0.1, 0.15) is 0 Å². The average Bonchev–Trinajstić information content (AvgIpc) is 2.26. The summed E-state index contributed by atoms with van der Waals surface area (Å²) in [5, 5.41) is 2.82. The third kappa shape index (κ3) is 13.3. The van der Waals surface area contributed by atoms with Gasteiger partial charge in [0.05, 0.1) is 11.4 Å². The van der Waals surface area contributed by atoms with Gasteiger partial charge in [-0.15, -0.1) is 0 Å². The van der Waals surface area contributed by atoms with E-state index in [0.717, 1.165) is 13.0 Å². The van der Waals surface area contributed by atoms with Gasteiger partial charge in [-0.05, 0) is 6.42 Å². The number of carbonyl (C=O) groups excluding carboxylic acids is 1. The van der Waals surface area contributed by atoms with Gasteiger partial charge in [-0.1, -0.05) is 64.1 Å². The fourth-order valence-electron chi connectivity index (χ4n) is 1.71. The Morgan fingerprint density at radius 3 is 2.12 bits per heavy atom. The molecule has 3 N–H and O–H groups in total. The number of hydrogen-bond donors (Lipinski definition) is 2. The van der Waals surface area contributed by atoms with Crippen molar-refractivity contribution in [1.29, 1.82) is 0 Å². The molecule has 0 aliphatic rings. The Morgan fingerprint density at radius 1 is 1.06 bits per heavy atom. The molecule has 3 nitrogen and oxygen atoms in total. The van der Waals surface area contributed by atoms with Crippen molar-refractivity contribution in [3.8, 4) is 0 Å². The standard InChI is InChI=1S/C13H26N2OS/c1-2-3-4-5-6-7-8-9-10-15-13(16)11-12(14)17/h2-11H2,1H3,(H2,14,17)(H,15,16). The smallest absolute Gasteiger partial charge is 0.226 e. The number of carbonyl (C=O) groups is 1. The minimum atomic E-state index is -0.0551. The second kappa shape index (κ2) is 11.8. The van der Waals surface area contributed by atoms with E-state index in [1.54, 1.807) is 0 Å². The lowest BCUT2D eigenvalue weighted by Crippen LogP contribution is -2.28. The molecule has 0 aromatic rings. The Morgan fingerprint density at radius 2 is 1.59 bits per heavy atom. The highest BCUT2D eigenvalue weighted by Gasteiger charge is 2.01. The van der Waals surface area contributed by atoms with Crippen LogP contribution in [-0.2, 0) is 4.79 Å². The molecule has 0 radical (unpaired) electrons. The van der Waals surface area contributed by atoms with Crippen LogP contribution in [0.3, 0.4) is 0 Å². The lowest BCUT2D eigenvalue weighted by Gasteiger charge is -2.04. The van der Waals surface area contributed by atoms with E-state index in [9.17, 15) is 4.79 Å². The van der Waals surface area contributed by atoms with Crippen molar-refractivity contribution in [3.63, 3.8) is 0 Å². The van der Waals surface area contributed by atoms with E-state index in [4.69, 9.17) is 5.73 Å². The fourth-order valence-corrected chi connectivity index (χ4v) is 1.84. The summed E-state index contributed by atoms with van der Waals surface area (Å²) in [5.41, 5.74) is 5.27. The average molecular weight is 258 g/mol. The second-order valence-electron chi connectivity index (χ2n) is 4.47. The van der Waals surface area contributed by atoms with Crippen LogP contribution >= 0.6 is 12.2 Å². The van der Waals surface area contributed by atoms with Gasteiger partial charge in [0.2, 0.25) is 5.91 Å². The molecule has 0 saturated heterocycles. The predicted octanol–water partition coefficient (Wildman–Crippen LogP) is 2.92. The maximum atomic E-state index is 11.2. The predicted molar refractivity (Wildman–Crippen MR) is 77.0 cm³/mol. The minimum Gasteiger partial charge on any atom is -0.393 e. The lowest BCUT2D eigenvalue weighted by molar-refractivity contribution is -0.119. The summed E-state index contributed by atoms with van der Waals surface area (Å²) in [6.45, 7) is 2.98. The van der Waals surface area contributed by atoms with E-state index < -0.39 is 0 Å². The lowest BCUT2D eigenvalue weighted by atomic mass is 10.1. The highest BCUT2D eigenvalue weighted by molar-refractivity contribution is 7.80. The zero-order chi connectivity index (χ0) is 12.9. The van der Waals surface area contributed by atoms with E-state index in [0.29, 0.717) is 0 Å². The molecule has 0 unspecified atom stereocenters. The van der Waals surface area contributed by atoms with Crippen LogP contribution in [0.4, 0.5) is 0 Å². The van der Waals surface area contributed by atoms with Gasteiger partial charge in [-0.3, -0.25) is 4.79 Å². The van der Waals surface area contributed by atoms with Crippen LogP contribution in [-0.4, -0.2) is 17.4 Å². The monoisotopic (exact) mass is 258 g/mol. The molecule has 0 rings (SSSR count). The SMILES string of the molecule is CCCCCCCCCCNC(=O)CC(N)=S. The molecule has 0 aliphatic carbocycles. The number of nitrogens with two attached hydrogens (primary N) is 1. The summed E-state index contributed by atoms with van der Waals surface area (Å²) in [7, 11) is 0. The number of thiocarbonyl (C=S) groups is 1. The molecule has 0 spiro atoms. The molecule has 1 amide bonds. The van der Waals surface area contributed by atoms with Crippen LogP contribution in [0.5, 0.6) is 0 Å². The van der Waals surface area contributed by atoms with Crippen LogP contribution in [0.25, 0.3) is 0 Å². The molecule has 4 heteroatoms. The molecule has 0 aromatic heterocycles. The number of nitrogens with one attached hydrogen (secondary N) is 1. The molecule has 100 valence electrons. The zero-order valence-electron chi connectivity index (χ0n) is 11.0. The third-order valence-electron chi connectivity index (χ3n) is 2.69. The first-order valence-electron chi connectivity index (χ1n) is 6.71. The number of amides is 1. The topological polar surface area (TPSA) is 55.1 Å². The fraction of sp³-hybridized carbons (Fsp3) is 0.846. The van der Waals surface area contributed by atoms with Gasteiger partial charge in [0.25, 0.3) is 0 Å². The highest BCUT2D eigenvalue weighted by atomic mass is 32.1. The maximum Gasteiger partial charge on any atom is 0.226 e. The van der Waals surface area contributed by atoms with Crippen LogP contribution in [0, 0.1) is 0 Å². The molecule has 17 heavy (non-hydrogen) atoms. The summed E-state index contributed by atoms with van der Waals surface area (Å²) in [6, 6.07) is 0. The van der Waals surface area contributed by atoms with Gasteiger partial charge in [-0.2, -0.15) is 0 Å². The summed E-state index contributed by atoms with van der Waals surface area (Å²) in [4.78, 5) is 11.4. The van der Waals surface area contributed by atoms with Crippen molar-refractivity contribution < 1.29 is 4.79 Å². The molecule has 0 atom stereocenters. The molecule has 0 bridgehead atoms. The number of hydrogen-bond acceptors (Lipinski definition) is 2. The Balaban J connectivity index is 3.13. The van der Waals surface area contributed by atoms with Crippen LogP contribution in [0.1, 0.15) is 64.7 Å². The Labute approximate surface area is 111 Å². The molecule has 0 heterocycles. The Kier molecular flexibility index (Phi) is 11.4. The van der Waals surface area contributed by atoms with Crippen molar-refractivity contribution in [2.45, 2.75) is 64.7 Å². The molecule has 0 aliphatic heterocycles. The molecular formula is C13H26N2OS. The van der Waals surface area contributed by atoms with E-state index in [1.807, 2.05) is 0 Å². The van der Waals surface area contributed by atoms with Crippen molar-refractivity contribution in [2.24, 2.45) is 5.73 Å². The van der Waals surface area contributed by atoms with Crippen molar-refractivity contribution in [2.75, 3.05) is 6.54 Å². The van der Waals surface area contributed by atoms with Crippen molar-refractivity contribution in [3.05, 3.63) is 0 Å². The first-order chi connectivity index (χ1) is 8.16.